The Hall–Kier alpha value is -2.90. The van der Waals surface area contributed by atoms with E-state index in [-0.39, 0.29) is 17.4 Å². The van der Waals surface area contributed by atoms with Crippen LogP contribution < -0.4 is 16.4 Å². The van der Waals surface area contributed by atoms with Crippen molar-refractivity contribution in [3.05, 3.63) is 23.8 Å². The SMILES string of the molecule is Nc1nc(N[C@H]2CCCCNC2=O)c2cc(C(=O)O)ccc2n1. The molecule has 0 saturated carbocycles. The van der Waals surface area contributed by atoms with Crippen LogP contribution in [-0.2, 0) is 4.79 Å². The number of carboxylic acids is 1. The summed E-state index contributed by atoms with van der Waals surface area (Å²) in [4.78, 5) is 31.5. The fraction of sp³-hybridized carbons (Fsp3) is 0.333. The molecule has 1 aromatic carbocycles. The Morgan fingerprint density at radius 2 is 2.17 bits per heavy atom. The van der Waals surface area contributed by atoms with Gasteiger partial charge in [-0.05, 0) is 37.5 Å². The largest absolute Gasteiger partial charge is 0.478 e. The lowest BCUT2D eigenvalue weighted by Crippen LogP contribution is -2.38. The van der Waals surface area contributed by atoms with Crippen LogP contribution in [-0.4, -0.2) is 39.5 Å². The molecule has 1 fully saturated rings. The monoisotopic (exact) mass is 315 g/mol. The number of fused-ring (bicyclic) bond motifs is 1. The van der Waals surface area contributed by atoms with Crippen LogP contribution in [0.2, 0.25) is 0 Å². The number of nitrogens with one attached hydrogen (secondary N) is 2. The summed E-state index contributed by atoms with van der Waals surface area (Å²) in [5.41, 5.74) is 6.37. The molecule has 2 heterocycles. The minimum absolute atomic E-state index is 0.0668. The van der Waals surface area contributed by atoms with Crippen LogP contribution in [0, 0.1) is 0 Å². The van der Waals surface area contributed by atoms with Crippen LogP contribution in [0.25, 0.3) is 10.9 Å². The van der Waals surface area contributed by atoms with E-state index in [2.05, 4.69) is 20.6 Å². The lowest BCUT2D eigenvalue weighted by Gasteiger charge is -2.17. The molecule has 8 heteroatoms. The molecule has 1 atom stereocenters. The third kappa shape index (κ3) is 3.15. The maximum atomic E-state index is 12.1. The van der Waals surface area contributed by atoms with Crippen LogP contribution >= 0.6 is 0 Å². The zero-order valence-electron chi connectivity index (χ0n) is 12.4. The lowest BCUT2D eigenvalue weighted by atomic mass is 10.1. The van der Waals surface area contributed by atoms with Crippen molar-refractivity contribution in [1.29, 1.82) is 0 Å². The number of hydrogen-bond acceptors (Lipinski definition) is 6. The summed E-state index contributed by atoms with van der Waals surface area (Å²) in [6.07, 6.45) is 2.52. The standard InChI is InChI=1S/C15H17N5O3/c16-15-19-10-5-4-8(14(22)23)7-9(10)12(20-15)18-11-3-1-2-6-17-13(11)21/h4-5,7,11H,1-3,6H2,(H,17,21)(H,22,23)(H3,16,18,19,20)/t11-/m0/s1. The van der Waals surface area contributed by atoms with Gasteiger partial charge in [-0.2, -0.15) is 4.98 Å². The highest BCUT2D eigenvalue weighted by atomic mass is 16.4. The van der Waals surface area contributed by atoms with Crippen molar-refractivity contribution in [2.45, 2.75) is 25.3 Å². The van der Waals surface area contributed by atoms with Crippen molar-refractivity contribution in [1.82, 2.24) is 15.3 Å². The van der Waals surface area contributed by atoms with Crippen LogP contribution in [0.4, 0.5) is 11.8 Å². The van der Waals surface area contributed by atoms with Crippen LogP contribution in [0.5, 0.6) is 0 Å². The third-order valence-electron chi connectivity index (χ3n) is 3.81. The van der Waals surface area contributed by atoms with Gasteiger partial charge in [-0.3, -0.25) is 4.79 Å². The summed E-state index contributed by atoms with van der Waals surface area (Å²) in [5, 5.41) is 15.6. The van der Waals surface area contributed by atoms with E-state index in [0.717, 1.165) is 12.8 Å². The van der Waals surface area contributed by atoms with Crippen molar-refractivity contribution >= 4 is 34.5 Å². The van der Waals surface area contributed by atoms with E-state index < -0.39 is 12.0 Å². The highest BCUT2D eigenvalue weighted by molar-refractivity contribution is 5.98. The zero-order valence-corrected chi connectivity index (χ0v) is 12.4. The molecule has 1 saturated heterocycles. The first-order valence-electron chi connectivity index (χ1n) is 7.39. The van der Waals surface area contributed by atoms with Gasteiger partial charge < -0.3 is 21.5 Å². The van der Waals surface area contributed by atoms with E-state index in [1.165, 1.54) is 12.1 Å². The van der Waals surface area contributed by atoms with E-state index in [0.29, 0.717) is 29.7 Å². The zero-order chi connectivity index (χ0) is 16.4. The molecule has 23 heavy (non-hydrogen) atoms. The molecule has 1 aliphatic rings. The molecule has 0 aliphatic carbocycles. The normalized spacial score (nSPS) is 18.3. The fourth-order valence-electron chi connectivity index (χ4n) is 2.63. The number of nitrogen functional groups attached to an aromatic ring is 1. The Bertz CT molecular complexity index is 777. The van der Waals surface area contributed by atoms with Gasteiger partial charge in [0, 0.05) is 11.9 Å². The number of aromatic nitrogens is 2. The van der Waals surface area contributed by atoms with Gasteiger partial charge in [-0.15, -0.1) is 0 Å². The number of carbonyl (C=O) groups excluding carboxylic acids is 1. The van der Waals surface area contributed by atoms with Gasteiger partial charge in [-0.1, -0.05) is 0 Å². The molecule has 0 unspecified atom stereocenters. The van der Waals surface area contributed by atoms with Crippen molar-refractivity contribution in [2.24, 2.45) is 0 Å². The number of benzene rings is 1. The van der Waals surface area contributed by atoms with E-state index in [1.807, 2.05) is 0 Å². The molecule has 120 valence electrons. The number of aromatic carboxylic acids is 1. The first-order chi connectivity index (χ1) is 11.0. The van der Waals surface area contributed by atoms with Gasteiger partial charge in [0.05, 0.1) is 11.1 Å². The molecule has 0 radical (unpaired) electrons. The summed E-state index contributed by atoms with van der Waals surface area (Å²) in [6, 6.07) is 4.09. The Labute approximate surface area is 132 Å². The average molecular weight is 315 g/mol. The molecule has 5 N–H and O–H groups in total. The lowest BCUT2D eigenvalue weighted by molar-refractivity contribution is -0.121. The minimum atomic E-state index is -1.04. The third-order valence-corrected chi connectivity index (χ3v) is 3.81. The second-order valence-corrected chi connectivity index (χ2v) is 5.45. The van der Waals surface area contributed by atoms with Gasteiger partial charge in [0.15, 0.2) is 0 Å². The Kier molecular flexibility index (Phi) is 3.96. The summed E-state index contributed by atoms with van der Waals surface area (Å²) < 4.78 is 0. The first kappa shape index (κ1) is 15.0. The van der Waals surface area contributed by atoms with Gasteiger partial charge in [0.2, 0.25) is 11.9 Å². The number of rotatable bonds is 3. The van der Waals surface area contributed by atoms with Crippen molar-refractivity contribution in [3.63, 3.8) is 0 Å². The number of nitrogens with zero attached hydrogens (tertiary/aromatic N) is 2. The molecule has 1 aromatic heterocycles. The quantitative estimate of drug-likeness (QED) is 0.664. The van der Waals surface area contributed by atoms with Crippen LogP contribution in [0.1, 0.15) is 29.6 Å². The van der Waals surface area contributed by atoms with E-state index in [4.69, 9.17) is 10.8 Å². The molecule has 8 nitrogen and oxygen atoms in total. The number of nitrogens with two attached hydrogens (primary N) is 1. The van der Waals surface area contributed by atoms with Crippen molar-refractivity contribution in [3.8, 4) is 0 Å². The summed E-state index contributed by atoms with van der Waals surface area (Å²) in [6.45, 7) is 0.660. The van der Waals surface area contributed by atoms with Gasteiger partial charge in [0.25, 0.3) is 0 Å². The maximum Gasteiger partial charge on any atom is 0.335 e. The molecular formula is C15H17N5O3. The summed E-state index contributed by atoms with van der Waals surface area (Å²) in [7, 11) is 0. The molecule has 0 spiro atoms. The van der Waals surface area contributed by atoms with Gasteiger partial charge in [-0.25, -0.2) is 9.78 Å². The highest BCUT2D eigenvalue weighted by Gasteiger charge is 2.22. The average Bonchev–Trinajstić information content (AvgIpc) is 2.71. The maximum absolute atomic E-state index is 12.1. The van der Waals surface area contributed by atoms with Gasteiger partial charge >= 0.3 is 5.97 Å². The van der Waals surface area contributed by atoms with Crippen molar-refractivity contribution in [2.75, 3.05) is 17.6 Å². The van der Waals surface area contributed by atoms with E-state index in [9.17, 15) is 9.59 Å². The molecular weight excluding hydrogens is 298 g/mol. The number of hydrogen-bond donors (Lipinski definition) is 4. The second kappa shape index (κ2) is 6.07. The predicted molar refractivity (Wildman–Crippen MR) is 85.2 cm³/mol. The first-order valence-corrected chi connectivity index (χ1v) is 7.39. The molecule has 1 amide bonds. The molecule has 0 bridgehead atoms. The number of anilines is 2. The van der Waals surface area contributed by atoms with E-state index in [1.54, 1.807) is 6.07 Å². The predicted octanol–water partition coefficient (Wildman–Crippen LogP) is 0.991. The van der Waals surface area contributed by atoms with Gasteiger partial charge in [0.1, 0.15) is 11.9 Å². The van der Waals surface area contributed by atoms with Crippen LogP contribution in [0.15, 0.2) is 18.2 Å². The van der Waals surface area contributed by atoms with E-state index >= 15 is 0 Å². The Morgan fingerprint density at radius 1 is 1.35 bits per heavy atom. The molecule has 3 rings (SSSR count). The second-order valence-electron chi connectivity index (χ2n) is 5.45. The number of amides is 1. The fourth-order valence-corrected chi connectivity index (χ4v) is 2.63. The summed E-state index contributed by atoms with van der Waals surface area (Å²) >= 11 is 0. The Balaban J connectivity index is 2.02. The van der Waals surface area contributed by atoms with Crippen molar-refractivity contribution < 1.29 is 14.7 Å². The van der Waals surface area contributed by atoms with Crippen LogP contribution in [0.3, 0.4) is 0 Å². The number of carboxylic acid groups (broad SMARTS) is 1. The topological polar surface area (TPSA) is 130 Å². The molecule has 2 aromatic rings. The minimum Gasteiger partial charge on any atom is -0.478 e. The summed E-state index contributed by atoms with van der Waals surface area (Å²) in [5.74, 6) is -0.695. The smallest absolute Gasteiger partial charge is 0.335 e. The number of carbonyl (C=O) groups is 2. The Morgan fingerprint density at radius 3 is 2.96 bits per heavy atom. The molecule has 1 aliphatic heterocycles. The highest BCUT2D eigenvalue weighted by Crippen LogP contribution is 2.24.